The highest BCUT2D eigenvalue weighted by Crippen LogP contribution is 2.49. The van der Waals surface area contributed by atoms with E-state index in [9.17, 15) is 0 Å². The lowest BCUT2D eigenvalue weighted by molar-refractivity contribution is 0.590. The second-order valence-electron chi connectivity index (χ2n) is 23.1. The first-order chi connectivity index (χ1) is 30.8. The summed E-state index contributed by atoms with van der Waals surface area (Å²) in [7, 11) is 0. The Balaban J connectivity index is 1.31. The largest absolute Gasteiger partial charge is 0.310 e. The van der Waals surface area contributed by atoms with E-state index in [0.29, 0.717) is 0 Å². The number of aromatic nitrogens is 2. The predicted molar refractivity (Wildman–Crippen MR) is 285 cm³/mol. The van der Waals surface area contributed by atoms with Crippen molar-refractivity contribution >= 4 is 105 Å². The lowest BCUT2D eigenvalue weighted by atomic mass is 9.36. The number of nitrogens with zero attached hydrogens (tertiary/aromatic N) is 3. The van der Waals surface area contributed by atoms with Crippen molar-refractivity contribution in [3.05, 3.63) is 156 Å². The van der Waals surface area contributed by atoms with Crippen LogP contribution in [0.4, 0.5) is 17.1 Å². The molecule has 0 unspecified atom stereocenters. The van der Waals surface area contributed by atoms with E-state index in [1.54, 1.807) is 0 Å². The topological polar surface area (TPSA) is 13.1 Å². The van der Waals surface area contributed by atoms with Crippen LogP contribution in [-0.4, -0.2) is 15.8 Å². The Labute approximate surface area is 388 Å². The van der Waals surface area contributed by atoms with Crippen LogP contribution in [-0.2, 0) is 21.7 Å². The summed E-state index contributed by atoms with van der Waals surface area (Å²) >= 11 is 2.00. The molecule has 0 radical (unpaired) electrons. The van der Waals surface area contributed by atoms with Gasteiger partial charge in [-0.3, -0.25) is 0 Å². The van der Waals surface area contributed by atoms with Crippen molar-refractivity contribution in [2.45, 2.75) is 105 Å². The predicted octanol–water partition coefficient (Wildman–Crippen LogP) is 14.9. The van der Waals surface area contributed by atoms with Crippen molar-refractivity contribution in [1.82, 2.24) is 9.13 Å². The third-order valence-corrected chi connectivity index (χ3v) is 15.9. The molecule has 3 nitrogen and oxygen atoms in total. The molecule has 0 saturated carbocycles. The lowest BCUT2D eigenvalue weighted by Gasteiger charge is -2.39. The molecule has 5 heterocycles. The van der Waals surface area contributed by atoms with Crippen LogP contribution in [0.25, 0.3) is 65.1 Å². The Hall–Kier alpha value is -6.04. The molecule has 12 rings (SSSR count). The van der Waals surface area contributed by atoms with E-state index >= 15 is 0 Å². The molecule has 5 heteroatoms. The molecule has 7 aromatic carbocycles. The first-order valence-electron chi connectivity index (χ1n) is 23.6. The maximum Gasteiger partial charge on any atom is 0.267 e. The molecule has 2 aliphatic heterocycles. The number of benzene rings is 7. The molecule has 65 heavy (non-hydrogen) atoms. The Morgan fingerprint density at radius 3 is 1.49 bits per heavy atom. The van der Waals surface area contributed by atoms with Gasteiger partial charge in [0.1, 0.15) is 0 Å². The molecule has 0 N–H and O–H groups in total. The normalized spacial score (nSPS) is 14.1. The zero-order chi connectivity index (χ0) is 45.3. The molecule has 0 aliphatic carbocycles. The molecule has 10 aromatic rings. The molecular weight excluding hydrogens is 806 g/mol. The minimum atomic E-state index is -0.0178. The quantitative estimate of drug-likeness (QED) is 0.158. The Bertz CT molecular complexity index is 3630. The van der Waals surface area contributed by atoms with Crippen LogP contribution in [0.15, 0.2) is 133 Å². The fourth-order valence-corrected chi connectivity index (χ4v) is 12.4. The molecule has 322 valence electrons. The highest BCUT2D eigenvalue weighted by atomic mass is 32.1. The summed E-state index contributed by atoms with van der Waals surface area (Å²) in [5.74, 6) is 0. The summed E-state index contributed by atoms with van der Waals surface area (Å²) < 4.78 is 7.99. The highest BCUT2D eigenvalue weighted by Gasteiger charge is 2.46. The van der Waals surface area contributed by atoms with Gasteiger partial charge in [0.2, 0.25) is 0 Å². The van der Waals surface area contributed by atoms with Gasteiger partial charge >= 0.3 is 0 Å². The number of para-hydroxylation sites is 1. The average Bonchev–Trinajstić information content (AvgIpc) is 3.91. The van der Waals surface area contributed by atoms with Crippen molar-refractivity contribution in [3.63, 3.8) is 0 Å². The van der Waals surface area contributed by atoms with Crippen molar-refractivity contribution in [2.24, 2.45) is 0 Å². The minimum absolute atomic E-state index is 0.0000888. The molecule has 0 atom stereocenters. The van der Waals surface area contributed by atoms with Gasteiger partial charge in [-0.25, -0.2) is 0 Å². The van der Waals surface area contributed by atoms with Gasteiger partial charge in [-0.2, -0.15) is 0 Å². The van der Waals surface area contributed by atoms with Crippen LogP contribution in [0.2, 0.25) is 0 Å². The van der Waals surface area contributed by atoms with Gasteiger partial charge in [-0.15, -0.1) is 11.3 Å². The minimum Gasteiger partial charge on any atom is -0.310 e. The van der Waals surface area contributed by atoms with Crippen LogP contribution in [0.3, 0.4) is 0 Å². The summed E-state index contributed by atoms with van der Waals surface area (Å²) in [6.07, 6.45) is 0. The summed E-state index contributed by atoms with van der Waals surface area (Å²) in [6.45, 7) is 28.0. The molecular formula is C60H58BN3S. The van der Waals surface area contributed by atoms with Gasteiger partial charge in [-0.1, -0.05) is 138 Å². The number of thiophene rings is 1. The molecule has 0 amide bonds. The van der Waals surface area contributed by atoms with Crippen molar-refractivity contribution in [2.75, 3.05) is 4.90 Å². The summed E-state index contributed by atoms with van der Waals surface area (Å²) in [5, 5.41) is 6.60. The standard InChI is InChI=1S/C60H58BN3S/c1-57(2,3)35-21-26-40(27-22-35)63-48-19-16-20-49-51(48)61(56-55(63)45-33-38(60(10,11)12)25-30-50(45)65-56)52-53-43(34-44-42-32-37(59(7,8)9)24-29-47(42)64(49)54(44)52)41-31-36(58(4,5)6)23-28-46(41)62(53)39-17-14-13-15-18-39/h13-34H,1-12H3. The van der Waals surface area contributed by atoms with Gasteiger partial charge in [0.25, 0.3) is 6.71 Å². The van der Waals surface area contributed by atoms with Gasteiger partial charge in [0.05, 0.1) is 27.8 Å². The maximum atomic E-state index is 2.64. The van der Waals surface area contributed by atoms with Crippen LogP contribution in [0.1, 0.15) is 105 Å². The van der Waals surface area contributed by atoms with Crippen LogP contribution >= 0.6 is 11.3 Å². The first kappa shape index (κ1) is 40.5. The van der Waals surface area contributed by atoms with E-state index in [-0.39, 0.29) is 28.4 Å². The lowest BCUT2D eigenvalue weighted by Crippen LogP contribution is -2.59. The third kappa shape index (κ3) is 5.80. The molecule has 0 bridgehead atoms. The average molecular weight is 864 g/mol. The summed E-state index contributed by atoms with van der Waals surface area (Å²) in [4.78, 5) is 2.62. The Morgan fingerprint density at radius 1 is 0.400 bits per heavy atom. The van der Waals surface area contributed by atoms with Crippen molar-refractivity contribution in [3.8, 4) is 11.4 Å². The molecule has 2 aliphatic rings. The highest BCUT2D eigenvalue weighted by molar-refractivity contribution is 7.34. The molecule has 0 fully saturated rings. The van der Waals surface area contributed by atoms with E-state index in [0.717, 1.165) is 0 Å². The number of hydrogen-bond acceptors (Lipinski definition) is 2. The first-order valence-corrected chi connectivity index (χ1v) is 24.4. The Morgan fingerprint density at radius 2 is 0.908 bits per heavy atom. The molecule has 0 saturated heterocycles. The third-order valence-electron chi connectivity index (χ3n) is 14.7. The van der Waals surface area contributed by atoms with E-state index in [2.05, 4.69) is 231 Å². The van der Waals surface area contributed by atoms with Gasteiger partial charge in [-0.05, 0) is 134 Å². The fourth-order valence-electron chi connectivity index (χ4n) is 11.1. The number of fused-ring (bicyclic) bond motifs is 13. The van der Waals surface area contributed by atoms with E-state index < -0.39 is 0 Å². The second-order valence-corrected chi connectivity index (χ2v) is 24.2. The monoisotopic (exact) mass is 863 g/mol. The maximum absolute atomic E-state index is 2.64. The van der Waals surface area contributed by atoms with Gasteiger partial charge in [0, 0.05) is 59.2 Å². The van der Waals surface area contributed by atoms with Gasteiger partial charge < -0.3 is 14.0 Å². The van der Waals surface area contributed by atoms with E-state index in [4.69, 9.17) is 0 Å². The SMILES string of the molecule is CC(C)(C)c1ccc(N2c3cccc4c3B(c3sc5ccc(C(C)(C)C)cc5c32)c2c3c(cc5c6cc(C(C)(C)C)ccc6n-4c25)c2cc(C(C)(C)C)ccc2n3-c2ccccc2)cc1. The smallest absolute Gasteiger partial charge is 0.267 e. The summed E-state index contributed by atoms with van der Waals surface area (Å²) in [6, 6.07) is 52.1. The fraction of sp³-hybridized carbons (Fsp3) is 0.267. The zero-order valence-electron chi connectivity index (χ0n) is 40.0. The summed E-state index contributed by atoms with van der Waals surface area (Å²) in [5.41, 5.74) is 19.6. The zero-order valence-corrected chi connectivity index (χ0v) is 40.8. The van der Waals surface area contributed by atoms with Crippen LogP contribution < -0.4 is 20.6 Å². The number of anilines is 3. The molecule has 3 aromatic heterocycles. The van der Waals surface area contributed by atoms with E-state index in [1.165, 1.54) is 120 Å². The van der Waals surface area contributed by atoms with Crippen molar-refractivity contribution in [1.29, 1.82) is 0 Å². The molecule has 0 spiro atoms. The number of hydrogen-bond donors (Lipinski definition) is 0. The Kier molecular flexibility index (Phi) is 8.28. The van der Waals surface area contributed by atoms with Crippen molar-refractivity contribution < 1.29 is 0 Å². The van der Waals surface area contributed by atoms with Crippen LogP contribution in [0.5, 0.6) is 0 Å². The number of rotatable bonds is 2. The van der Waals surface area contributed by atoms with E-state index in [1.807, 2.05) is 11.3 Å². The van der Waals surface area contributed by atoms with Gasteiger partial charge in [0.15, 0.2) is 0 Å². The van der Waals surface area contributed by atoms with Crippen LogP contribution in [0, 0.1) is 0 Å². The second kappa shape index (κ2) is 13.3.